The molecule has 5 N–H and O–H groups in total. The molecule has 0 spiro atoms. The van der Waals surface area contributed by atoms with Gasteiger partial charge in [0.1, 0.15) is 16.3 Å². The fourth-order valence-corrected chi connectivity index (χ4v) is 7.64. The van der Waals surface area contributed by atoms with Gasteiger partial charge in [-0.05, 0) is 47.7 Å². The highest BCUT2D eigenvalue weighted by molar-refractivity contribution is 7.91. The molecule has 50 heavy (non-hydrogen) atoms. The van der Waals surface area contributed by atoms with Crippen molar-refractivity contribution in [2.24, 2.45) is 15.5 Å². The van der Waals surface area contributed by atoms with E-state index >= 15 is 0 Å². The standard InChI is InChI=1S/C25H26N6O15S4/c1-30(29-35)48(38,39)12-10-15-2-8-19-16(14-15)3-9-20(23(19)49(40,41)42)26-27-21-22(25(33)34)28-31(24(21)32)17-4-6-18(7-5-17)47(36,37)13-11-46-50(43,44)45/h2-9,14,25,28,33-34H,10-13H2,1H3,(H,40,41,42)(H,43,44,45). The lowest BCUT2D eigenvalue weighted by Crippen LogP contribution is -2.24. The number of benzene rings is 3. The Labute approximate surface area is 283 Å². The number of aryl methyl sites for hydroxylation is 1. The van der Waals surface area contributed by atoms with Gasteiger partial charge in [0.2, 0.25) is 0 Å². The minimum atomic E-state index is -5.02. The van der Waals surface area contributed by atoms with E-state index in [-0.39, 0.29) is 32.2 Å². The lowest BCUT2D eigenvalue weighted by molar-refractivity contribution is -0.0456. The van der Waals surface area contributed by atoms with Crippen LogP contribution in [0.25, 0.3) is 16.5 Å². The molecule has 21 nitrogen and oxygen atoms in total. The number of aliphatic hydroxyl groups is 2. The highest BCUT2D eigenvalue weighted by atomic mass is 32.3. The van der Waals surface area contributed by atoms with Gasteiger partial charge in [0.15, 0.2) is 21.8 Å². The van der Waals surface area contributed by atoms with Gasteiger partial charge < -0.3 is 10.2 Å². The van der Waals surface area contributed by atoms with Gasteiger partial charge in [-0.15, -0.1) is 15.1 Å². The number of aromatic nitrogens is 2. The van der Waals surface area contributed by atoms with Gasteiger partial charge in [0, 0.05) is 12.4 Å². The largest absolute Gasteiger partial charge is 0.397 e. The van der Waals surface area contributed by atoms with Crippen molar-refractivity contribution < 1.29 is 57.2 Å². The van der Waals surface area contributed by atoms with Crippen LogP contribution in [0.3, 0.4) is 0 Å². The first-order chi connectivity index (χ1) is 23.1. The van der Waals surface area contributed by atoms with Crippen molar-refractivity contribution in [3.05, 3.63) is 81.1 Å². The molecule has 0 saturated carbocycles. The number of nitrogens with one attached hydrogen (secondary N) is 1. The van der Waals surface area contributed by atoms with Crippen LogP contribution in [0.2, 0.25) is 0 Å². The molecule has 0 unspecified atom stereocenters. The summed E-state index contributed by atoms with van der Waals surface area (Å²) in [5, 5.41) is 32.1. The van der Waals surface area contributed by atoms with Crippen LogP contribution in [0.4, 0.5) is 11.4 Å². The number of fused-ring (bicyclic) bond motifs is 1. The Hall–Kier alpha value is -4.47. The molecule has 0 aliphatic rings. The zero-order valence-corrected chi connectivity index (χ0v) is 28.5. The van der Waals surface area contributed by atoms with Crippen molar-refractivity contribution in [1.82, 2.24) is 14.2 Å². The van der Waals surface area contributed by atoms with E-state index in [1.54, 1.807) is 0 Å². The molecule has 0 bridgehead atoms. The van der Waals surface area contributed by atoms with Gasteiger partial charge >= 0.3 is 10.4 Å². The fraction of sp³-hybridized carbons (Fsp3) is 0.240. The maximum atomic E-state index is 13.3. The van der Waals surface area contributed by atoms with Crippen molar-refractivity contribution in [3.8, 4) is 5.69 Å². The first-order valence-electron chi connectivity index (χ1n) is 13.6. The lowest BCUT2D eigenvalue weighted by Gasteiger charge is -2.11. The molecule has 0 aliphatic carbocycles. The number of nitroso groups, excluding NO2 is 1. The number of rotatable bonds is 15. The lowest BCUT2D eigenvalue weighted by atomic mass is 10.0. The molecular weight excluding hydrogens is 753 g/mol. The Bertz CT molecular complexity index is 2480. The quantitative estimate of drug-likeness (QED) is 0.0370. The van der Waals surface area contributed by atoms with E-state index in [1.807, 2.05) is 0 Å². The Morgan fingerprint density at radius 1 is 0.900 bits per heavy atom. The highest BCUT2D eigenvalue weighted by Gasteiger charge is 2.24. The summed E-state index contributed by atoms with van der Waals surface area (Å²) in [7, 11) is -17.0. The topological polar surface area (TPSA) is 322 Å². The van der Waals surface area contributed by atoms with Gasteiger partial charge in [0.25, 0.3) is 25.7 Å². The van der Waals surface area contributed by atoms with Crippen LogP contribution in [0, 0.1) is 4.91 Å². The van der Waals surface area contributed by atoms with E-state index < -0.39 is 92.3 Å². The van der Waals surface area contributed by atoms with Gasteiger partial charge in [-0.1, -0.05) is 24.3 Å². The smallest absolute Gasteiger partial charge is 0.363 e. The maximum Gasteiger partial charge on any atom is 0.397 e. The summed E-state index contributed by atoms with van der Waals surface area (Å²) in [6, 6.07) is 10.9. The van der Waals surface area contributed by atoms with Crippen LogP contribution >= 0.6 is 0 Å². The Morgan fingerprint density at radius 3 is 2.14 bits per heavy atom. The predicted molar refractivity (Wildman–Crippen MR) is 172 cm³/mol. The van der Waals surface area contributed by atoms with E-state index in [1.165, 1.54) is 24.3 Å². The second-order valence-electron chi connectivity index (χ2n) is 10.2. The summed E-state index contributed by atoms with van der Waals surface area (Å²) >= 11 is 0. The second-order valence-corrected chi connectivity index (χ2v) is 16.8. The third-order valence-corrected chi connectivity index (χ3v) is 11.6. The SMILES string of the molecule is CN(N=O)S(=O)(=O)CCc1ccc2c(S(=O)(=O)O)c(N=Nc3c(C(O)O)[nH]n(-c4ccc(S(=O)(=O)CCOS(=O)(=O)O)cc4)c3=O)ccc2c1. The Kier molecular flexibility index (Phi) is 11.0. The number of aliphatic hydroxyl groups excluding tert-OH is 1. The predicted octanol–water partition coefficient (Wildman–Crippen LogP) is 1.04. The number of nitrogens with zero attached hydrogens (tertiary/aromatic N) is 5. The van der Waals surface area contributed by atoms with Crippen LogP contribution in [-0.4, -0.2) is 92.3 Å². The summed E-state index contributed by atoms with van der Waals surface area (Å²) in [5.74, 6) is -1.33. The summed E-state index contributed by atoms with van der Waals surface area (Å²) in [4.78, 5) is 22.8. The zero-order valence-electron chi connectivity index (χ0n) is 25.3. The van der Waals surface area contributed by atoms with Crippen molar-refractivity contribution in [1.29, 1.82) is 0 Å². The molecule has 0 radical (unpaired) electrons. The molecule has 0 fully saturated rings. The van der Waals surface area contributed by atoms with Crippen LogP contribution < -0.4 is 5.56 Å². The number of azo groups is 1. The van der Waals surface area contributed by atoms with E-state index in [2.05, 4.69) is 24.8 Å². The van der Waals surface area contributed by atoms with Crippen LogP contribution in [0.5, 0.6) is 0 Å². The van der Waals surface area contributed by atoms with E-state index in [0.717, 1.165) is 42.1 Å². The fourth-order valence-electron chi connectivity index (χ4n) is 4.45. The zero-order chi connectivity index (χ0) is 37.2. The van der Waals surface area contributed by atoms with Crippen LogP contribution in [0.15, 0.2) is 84.7 Å². The average molecular weight is 779 g/mol. The van der Waals surface area contributed by atoms with Gasteiger partial charge in [-0.2, -0.15) is 21.2 Å². The summed E-state index contributed by atoms with van der Waals surface area (Å²) < 4.78 is 119. The molecule has 1 heterocycles. The summed E-state index contributed by atoms with van der Waals surface area (Å²) in [6.07, 6.45) is -2.43. The molecule has 25 heteroatoms. The average Bonchev–Trinajstić information content (AvgIpc) is 3.36. The molecular formula is C25H26N6O15S4. The molecule has 270 valence electrons. The van der Waals surface area contributed by atoms with Crippen molar-refractivity contribution in [2.45, 2.75) is 22.5 Å². The molecule has 0 saturated heterocycles. The van der Waals surface area contributed by atoms with E-state index in [9.17, 15) is 58.1 Å². The van der Waals surface area contributed by atoms with Crippen LogP contribution in [0.1, 0.15) is 17.5 Å². The number of H-pyrrole nitrogens is 1. The first-order valence-corrected chi connectivity index (χ1v) is 19.6. The Morgan fingerprint density at radius 2 is 1.56 bits per heavy atom. The monoisotopic (exact) mass is 778 g/mol. The third kappa shape index (κ3) is 8.81. The Balaban J connectivity index is 1.69. The van der Waals surface area contributed by atoms with Gasteiger partial charge in [0.05, 0.1) is 34.0 Å². The minimum Gasteiger partial charge on any atom is -0.363 e. The molecule has 3 aromatic carbocycles. The van der Waals surface area contributed by atoms with Crippen molar-refractivity contribution in [2.75, 3.05) is 25.2 Å². The number of hydrogen-bond donors (Lipinski definition) is 5. The number of hydrogen-bond acceptors (Lipinski definition) is 16. The first kappa shape index (κ1) is 38.3. The van der Waals surface area contributed by atoms with Crippen molar-refractivity contribution >= 4 is 62.5 Å². The van der Waals surface area contributed by atoms with Crippen molar-refractivity contribution in [3.63, 3.8) is 0 Å². The molecule has 1 aromatic heterocycles. The molecule has 4 aromatic rings. The summed E-state index contributed by atoms with van der Waals surface area (Å²) in [5.41, 5.74) is -2.49. The number of sulfone groups is 1. The normalized spacial score (nSPS) is 13.0. The maximum absolute atomic E-state index is 13.3. The molecule has 0 amide bonds. The second kappa shape index (κ2) is 14.4. The van der Waals surface area contributed by atoms with Gasteiger partial charge in [-0.3, -0.25) is 19.0 Å². The van der Waals surface area contributed by atoms with Crippen LogP contribution in [-0.2, 0) is 51.0 Å². The van der Waals surface area contributed by atoms with E-state index in [0.29, 0.717) is 5.56 Å². The molecule has 4 rings (SSSR count). The summed E-state index contributed by atoms with van der Waals surface area (Å²) in [6.45, 7) is -0.880. The van der Waals surface area contributed by atoms with E-state index in [4.69, 9.17) is 4.55 Å². The minimum absolute atomic E-state index is 0.0477. The number of sulfonamides is 1. The number of aromatic amines is 1. The third-order valence-electron chi connectivity index (χ3n) is 6.89. The molecule has 0 aliphatic heterocycles. The highest BCUT2D eigenvalue weighted by Crippen LogP contribution is 2.34. The van der Waals surface area contributed by atoms with Gasteiger partial charge in [-0.25, -0.2) is 25.7 Å². The molecule has 0 atom stereocenters.